The number of benzene rings is 1. The van der Waals surface area contributed by atoms with Gasteiger partial charge in [0, 0.05) is 17.7 Å². The standard InChI is InChI=1S/C13H9F2N3O/c1-7-4-12-16-13(19)6-11(18(12)17-7)8-2-3-9(14)10(15)5-8/h2-6H,1H3,(H,16,19). The molecule has 0 saturated heterocycles. The minimum absolute atomic E-state index is 0.327. The molecule has 0 aliphatic rings. The number of aryl methyl sites for hydroxylation is 1. The van der Waals surface area contributed by atoms with Gasteiger partial charge in [0.05, 0.1) is 11.4 Å². The molecular weight excluding hydrogens is 252 g/mol. The second-order valence-electron chi connectivity index (χ2n) is 4.23. The third-order valence-corrected chi connectivity index (χ3v) is 2.79. The summed E-state index contributed by atoms with van der Waals surface area (Å²) in [5, 5.41) is 4.21. The van der Waals surface area contributed by atoms with E-state index in [1.807, 2.05) is 0 Å². The van der Waals surface area contributed by atoms with Crippen LogP contribution < -0.4 is 5.56 Å². The van der Waals surface area contributed by atoms with E-state index < -0.39 is 11.6 Å². The third kappa shape index (κ3) is 1.91. The number of nitrogens with zero attached hydrogens (tertiary/aromatic N) is 2. The fourth-order valence-corrected chi connectivity index (χ4v) is 1.98. The molecule has 96 valence electrons. The van der Waals surface area contributed by atoms with Crippen molar-refractivity contribution < 1.29 is 8.78 Å². The topological polar surface area (TPSA) is 50.2 Å². The van der Waals surface area contributed by atoms with E-state index in [9.17, 15) is 13.6 Å². The summed E-state index contributed by atoms with van der Waals surface area (Å²) in [6, 6.07) is 6.47. The molecule has 0 aliphatic carbocycles. The molecule has 0 radical (unpaired) electrons. The smallest absolute Gasteiger partial charge is 0.251 e. The molecule has 1 N–H and O–H groups in total. The first-order valence-electron chi connectivity index (χ1n) is 5.60. The predicted molar refractivity (Wildman–Crippen MR) is 65.9 cm³/mol. The van der Waals surface area contributed by atoms with E-state index in [0.29, 0.717) is 22.6 Å². The van der Waals surface area contributed by atoms with Gasteiger partial charge in [-0.1, -0.05) is 0 Å². The Balaban J connectivity index is 2.34. The molecule has 3 rings (SSSR count). The van der Waals surface area contributed by atoms with Gasteiger partial charge in [0.15, 0.2) is 11.6 Å². The van der Waals surface area contributed by atoms with Crippen LogP contribution in [0.25, 0.3) is 16.9 Å². The third-order valence-electron chi connectivity index (χ3n) is 2.79. The molecule has 6 heteroatoms. The number of aromatic amines is 1. The Morgan fingerprint density at radius 1 is 1.16 bits per heavy atom. The molecule has 0 aliphatic heterocycles. The van der Waals surface area contributed by atoms with Gasteiger partial charge in [-0.2, -0.15) is 5.10 Å². The van der Waals surface area contributed by atoms with Gasteiger partial charge in [0.1, 0.15) is 5.65 Å². The maximum absolute atomic E-state index is 13.3. The van der Waals surface area contributed by atoms with Crippen LogP contribution in [0.5, 0.6) is 0 Å². The summed E-state index contributed by atoms with van der Waals surface area (Å²) < 4.78 is 27.7. The molecule has 4 nitrogen and oxygen atoms in total. The first kappa shape index (κ1) is 11.6. The first-order valence-corrected chi connectivity index (χ1v) is 5.60. The van der Waals surface area contributed by atoms with Crippen LogP contribution in [0.1, 0.15) is 5.69 Å². The SMILES string of the molecule is Cc1cc2[nH]c(=O)cc(-c3ccc(F)c(F)c3)n2n1. The molecular formula is C13H9F2N3O. The molecule has 0 unspecified atom stereocenters. The fourth-order valence-electron chi connectivity index (χ4n) is 1.98. The lowest BCUT2D eigenvalue weighted by Gasteiger charge is -2.05. The number of halogens is 2. The maximum atomic E-state index is 13.3. The minimum Gasteiger partial charge on any atom is -0.307 e. The van der Waals surface area contributed by atoms with E-state index in [1.165, 1.54) is 16.6 Å². The van der Waals surface area contributed by atoms with E-state index in [1.54, 1.807) is 13.0 Å². The second kappa shape index (κ2) is 4.01. The van der Waals surface area contributed by atoms with E-state index in [0.717, 1.165) is 12.1 Å². The summed E-state index contributed by atoms with van der Waals surface area (Å²) in [7, 11) is 0. The molecule has 0 spiro atoms. The highest BCUT2D eigenvalue weighted by Gasteiger charge is 2.10. The van der Waals surface area contributed by atoms with Gasteiger partial charge >= 0.3 is 0 Å². The van der Waals surface area contributed by atoms with Gasteiger partial charge in [-0.15, -0.1) is 0 Å². The second-order valence-corrected chi connectivity index (χ2v) is 4.23. The van der Waals surface area contributed by atoms with Crippen LogP contribution in [0.3, 0.4) is 0 Å². The van der Waals surface area contributed by atoms with E-state index in [4.69, 9.17) is 0 Å². The van der Waals surface area contributed by atoms with Crippen molar-refractivity contribution in [3.05, 3.63) is 58.0 Å². The summed E-state index contributed by atoms with van der Waals surface area (Å²) in [6.07, 6.45) is 0. The van der Waals surface area contributed by atoms with Crippen molar-refractivity contribution in [2.75, 3.05) is 0 Å². The zero-order chi connectivity index (χ0) is 13.6. The molecule has 2 aromatic heterocycles. The normalized spacial score (nSPS) is 11.1. The number of hydrogen-bond acceptors (Lipinski definition) is 2. The van der Waals surface area contributed by atoms with Crippen LogP contribution in [0.15, 0.2) is 35.1 Å². The van der Waals surface area contributed by atoms with Crippen LogP contribution in [0.2, 0.25) is 0 Å². The van der Waals surface area contributed by atoms with E-state index in [-0.39, 0.29) is 5.56 Å². The molecule has 3 aromatic rings. The molecule has 0 amide bonds. The van der Waals surface area contributed by atoms with Gasteiger partial charge in [-0.05, 0) is 25.1 Å². The van der Waals surface area contributed by atoms with Gasteiger partial charge in [-0.25, -0.2) is 13.3 Å². The van der Waals surface area contributed by atoms with Gasteiger partial charge in [-0.3, -0.25) is 4.79 Å². The lowest BCUT2D eigenvalue weighted by atomic mass is 10.1. The lowest BCUT2D eigenvalue weighted by molar-refractivity contribution is 0.509. The van der Waals surface area contributed by atoms with Crippen LogP contribution in [0.4, 0.5) is 8.78 Å². The largest absolute Gasteiger partial charge is 0.307 e. The molecule has 2 heterocycles. The summed E-state index contributed by atoms with van der Waals surface area (Å²) in [5.74, 6) is -1.89. The Morgan fingerprint density at radius 3 is 2.68 bits per heavy atom. The Labute approximate surface area is 106 Å². The van der Waals surface area contributed by atoms with Gasteiger partial charge in [0.2, 0.25) is 0 Å². The summed E-state index contributed by atoms with van der Waals surface area (Å²) in [5.41, 5.74) is 1.69. The fraction of sp³-hybridized carbons (Fsp3) is 0.0769. The highest BCUT2D eigenvalue weighted by molar-refractivity contribution is 5.62. The highest BCUT2D eigenvalue weighted by atomic mass is 19.2. The minimum atomic E-state index is -0.963. The Kier molecular flexibility index (Phi) is 2.45. The van der Waals surface area contributed by atoms with Crippen molar-refractivity contribution in [2.24, 2.45) is 0 Å². The molecule has 0 bridgehead atoms. The Bertz CT molecular complexity index is 836. The summed E-state index contributed by atoms with van der Waals surface area (Å²) >= 11 is 0. The van der Waals surface area contributed by atoms with E-state index >= 15 is 0 Å². The van der Waals surface area contributed by atoms with Gasteiger partial charge < -0.3 is 4.98 Å². The van der Waals surface area contributed by atoms with Crippen molar-refractivity contribution in [3.63, 3.8) is 0 Å². The quantitative estimate of drug-likeness (QED) is 0.730. The number of fused-ring (bicyclic) bond motifs is 1. The van der Waals surface area contributed by atoms with E-state index in [2.05, 4.69) is 10.1 Å². The Hall–Kier alpha value is -2.50. The maximum Gasteiger partial charge on any atom is 0.251 e. The van der Waals surface area contributed by atoms with Crippen molar-refractivity contribution >= 4 is 5.65 Å². The number of aromatic nitrogens is 3. The monoisotopic (exact) mass is 261 g/mol. The molecule has 0 atom stereocenters. The van der Waals surface area contributed by atoms with Crippen molar-refractivity contribution in [1.29, 1.82) is 0 Å². The zero-order valence-corrected chi connectivity index (χ0v) is 9.95. The number of H-pyrrole nitrogens is 1. The van der Waals surface area contributed by atoms with Crippen LogP contribution in [0, 0.1) is 18.6 Å². The molecule has 1 aromatic carbocycles. The molecule has 0 fully saturated rings. The van der Waals surface area contributed by atoms with Crippen LogP contribution in [-0.2, 0) is 0 Å². The van der Waals surface area contributed by atoms with Crippen molar-refractivity contribution in [1.82, 2.24) is 14.6 Å². The lowest BCUT2D eigenvalue weighted by Crippen LogP contribution is -2.09. The summed E-state index contributed by atoms with van der Waals surface area (Å²) in [6.45, 7) is 1.78. The summed E-state index contributed by atoms with van der Waals surface area (Å²) in [4.78, 5) is 14.2. The van der Waals surface area contributed by atoms with Crippen LogP contribution >= 0.6 is 0 Å². The highest BCUT2D eigenvalue weighted by Crippen LogP contribution is 2.21. The Morgan fingerprint density at radius 2 is 1.95 bits per heavy atom. The average Bonchev–Trinajstić information content (AvgIpc) is 2.72. The van der Waals surface area contributed by atoms with Gasteiger partial charge in [0.25, 0.3) is 5.56 Å². The van der Waals surface area contributed by atoms with Crippen molar-refractivity contribution in [3.8, 4) is 11.3 Å². The molecule has 19 heavy (non-hydrogen) atoms. The number of rotatable bonds is 1. The predicted octanol–water partition coefficient (Wildman–Crippen LogP) is 2.28. The average molecular weight is 261 g/mol. The molecule has 0 saturated carbocycles. The number of hydrogen-bond donors (Lipinski definition) is 1. The first-order chi connectivity index (χ1) is 9.04. The van der Waals surface area contributed by atoms with Crippen molar-refractivity contribution in [2.45, 2.75) is 6.92 Å². The number of nitrogens with one attached hydrogen (secondary N) is 1. The van der Waals surface area contributed by atoms with Crippen LogP contribution in [-0.4, -0.2) is 14.6 Å². The zero-order valence-electron chi connectivity index (χ0n) is 9.95.